The molecule has 0 saturated carbocycles. The summed E-state index contributed by atoms with van der Waals surface area (Å²) in [6, 6.07) is 2.23. The van der Waals surface area contributed by atoms with Gasteiger partial charge in [0.05, 0.1) is 12.3 Å². The van der Waals surface area contributed by atoms with Gasteiger partial charge < -0.3 is 0 Å². The molecule has 4 nitrogen and oxygen atoms in total. The standard InChI is InChI=1S/C20H44N4/c1-11-15(5)21-19(9)23(17(7)13-3)24(18(8)14-4)20(10)22(21)16(6)12-2/h15-20H,11-14H2,1-10H3. The van der Waals surface area contributed by atoms with Crippen LogP contribution in [0.5, 0.6) is 0 Å². The van der Waals surface area contributed by atoms with Gasteiger partial charge in [-0.3, -0.25) is 0 Å². The molecular weight excluding hydrogens is 296 g/mol. The van der Waals surface area contributed by atoms with Gasteiger partial charge in [-0.1, -0.05) is 27.7 Å². The quantitative estimate of drug-likeness (QED) is 0.621. The minimum Gasteiger partial charge on any atom is -0.219 e. The molecule has 1 aliphatic heterocycles. The Morgan fingerprint density at radius 2 is 0.667 bits per heavy atom. The van der Waals surface area contributed by atoms with E-state index in [2.05, 4.69) is 89.3 Å². The molecule has 0 radical (unpaired) electrons. The first-order valence-electron chi connectivity index (χ1n) is 10.4. The van der Waals surface area contributed by atoms with E-state index >= 15 is 0 Å². The number of nitrogens with zero attached hydrogens (tertiary/aromatic N) is 4. The van der Waals surface area contributed by atoms with Crippen molar-refractivity contribution >= 4 is 0 Å². The van der Waals surface area contributed by atoms with Crippen LogP contribution in [0.15, 0.2) is 0 Å². The molecule has 4 heteroatoms. The lowest BCUT2D eigenvalue weighted by Gasteiger charge is -2.63. The van der Waals surface area contributed by atoms with Crippen molar-refractivity contribution in [3.63, 3.8) is 0 Å². The van der Waals surface area contributed by atoms with Crippen LogP contribution in [0.1, 0.15) is 94.9 Å². The average molecular weight is 341 g/mol. The fraction of sp³-hybridized carbons (Fsp3) is 1.00. The predicted molar refractivity (Wildman–Crippen MR) is 105 cm³/mol. The zero-order chi connectivity index (χ0) is 18.6. The Bertz CT molecular complexity index is 296. The molecule has 0 aromatic carbocycles. The maximum atomic E-state index is 2.67. The van der Waals surface area contributed by atoms with Crippen molar-refractivity contribution in [1.29, 1.82) is 0 Å². The monoisotopic (exact) mass is 340 g/mol. The van der Waals surface area contributed by atoms with Crippen molar-refractivity contribution in [2.75, 3.05) is 0 Å². The van der Waals surface area contributed by atoms with Gasteiger partial charge in [0.1, 0.15) is 0 Å². The van der Waals surface area contributed by atoms with Crippen LogP contribution in [0.3, 0.4) is 0 Å². The van der Waals surface area contributed by atoms with Gasteiger partial charge in [0.15, 0.2) is 0 Å². The van der Waals surface area contributed by atoms with Crippen molar-refractivity contribution in [3.05, 3.63) is 0 Å². The summed E-state index contributed by atoms with van der Waals surface area (Å²) in [5, 5.41) is 10.7. The summed E-state index contributed by atoms with van der Waals surface area (Å²) in [6.07, 6.45) is 5.52. The van der Waals surface area contributed by atoms with Crippen LogP contribution in [-0.4, -0.2) is 56.5 Å². The Hall–Kier alpha value is -0.160. The second-order valence-electron chi connectivity index (χ2n) is 7.81. The second-order valence-corrected chi connectivity index (χ2v) is 7.81. The van der Waals surface area contributed by atoms with Crippen molar-refractivity contribution < 1.29 is 0 Å². The normalized spacial score (nSPS) is 30.2. The van der Waals surface area contributed by atoms with E-state index in [4.69, 9.17) is 0 Å². The van der Waals surface area contributed by atoms with E-state index in [1.54, 1.807) is 0 Å². The molecule has 144 valence electrons. The lowest BCUT2D eigenvalue weighted by molar-refractivity contribution is -0.331. The topological polar surface area (TPSA) is 13.0 Å². The van der Waals surface area contributed by atoms with Crippen LogP contribution in [0.2, 0.25) is 0 Å². The van der Waals surface area contributed by atoms with Gasteiger partial charge in [0.25, 0.3) is 0 Å². The van der Waals surface area contributed by atoms with E-state index in [0.717, 1.165) is 0 Å². The molecule has 4 atom stereocenters. The average Bonchev–Trinajstić information content (AvgIpc) is 2.59. The second kappa shape index (κ2) is 9.51. The minimum absolute atomic E-state index is 0.397. The van der Waals surface area contributed by atoms with E-state index in [9.17, 15) is 0 Å². The molecule has 0 spiro atoms. The highest BCUT2D eigenvalue weighted by atomic mass is 15.9. The minimum atomic E-state index is 0.397. The highest BCUT2D eigenvalue weighted by molar-refractivity contribution is 4.87. The third-order valence-corrected chi connectivity index (χ3v) is 6.23. The highest BCUT2D eigenvalue weighted by Gasteiger charge is 2.46. The van der Waals surface area contributed by atoms with Gasteiger partial charge in [-0.15, -0.1) is 0 Å². The van der Waals surface area contributed by atoms with Gasteiger partial charge in [-0.25, -0.2) is 20.0 Å². The van der Waals surface area contributed by atoms with E-state index in [0.29, 0.717) is 36.5 Å². The first kappa shape index (κ1) is 21.9. The van der Waals surface area contributed by atoms with Crippen LogP contribution in [0.25, 0.3) is 0 Å². The molecule has 1 rings (SSSR count). The summed E-state index contributed by atoms with van der Waals surface area (Å²) in [5.41, 5.74) is 0. The number of hydrogen-bond acceptors (Lipinski definition) is 4. The summed E-state index contributed by atoms with van der Waals surface area (Å²) in [6.45, 7) is 23.6. The molecule has 1 aliphatic rings. The van der Waals surface area contributed by atoms with Crippen molar-refractivity contribution in [3.8, 4) is 0 Å². The lowest BCUT2D eigenvalue weighted by atomic mass is 10.1. The Kier molecular flexibility index (Phi) is 8.67. The van der Waals surface area contributed by atoms with Gasteiger partial charge in [0, 0.05) is 24.2 Å². The van der Waals surface area contributed by atoms with Gasteiger partial charge in [-0.05, 0) is 67.2 Å². The van der Waals surface area contributed by atoms with E-state index in [1.165, 1.54) is 25.7 Å². The lowest BCUT2D eigenvalue weighted by Crippen LogP contribution is -2.77. The van der Waals surface area contributed by atoms with Gasteiger partial charge in [-0.2, -0.15) is 0 Å². The molecule has 0 bridgehead atoms. The molecule has 0 aromatic rings. The van der Waals surface area contributed by atoms with Crippen LogP contribution in [-0.2, 0) is 0 Å². The summed E-state index contributed by atoms with van der Waals surface area (Å²) in [4.78, 5) is 0. The smallest absolute Gasteiger partial charge is 0.0872 e. The summed E-state index contributed by atoms with van der Waals surface area (Å²) >= 11 is 0. The van der Waals surface area contributed by atoms with Crippen LogP contribution >= 0.6 is 0 Å². The molecule has 0 amide bonds. The van der Waals surface area contributed by atoms with E-state index < -0.39 is 0 Å². The Balaban J connectivity index is 3.36. The maximum Gasteiger partial charge on any atom is 0.0872 e. The largest absolute Gasteiger partial charge is 0.219 e. The number of hydrazine groups is 2. The van der Waals surface area contributed by atoms with Crippen molar-refractivity contribution in [1.82, 2.24) is 20.0 Å². The summed E-state index contributed by atoms with van der Waals surface area (Å²) in [5.74, 6) is 0. The Morgan fingerprint density at radius 3 is 0.792 bits per heavy atom. The first-order chi connectivity index (χ1) is 11.3. The van der Waals surface area contributed by atoms with Gasteiger partial charge in [0.2, 0.25) is 0 Å². The molecule has 1 saturated heterocycles. The Morgan fingerprint density at radius 1 is 0.500 bits per heavy atom. The number of rotatable bonds is 8. The molecule has 4 unspecified atom stereocenters. The molecule has 1 heterocycles. The molecule has 24 heavy (non-hydrogen) atoms. The Labute approximate surface area is 152 Å². The van der Waals surface area contributed by atoms with Crippen LogP contribution < -0.4 is 0 Å². The van der Waals surface area contributed by atoms with Crippen LogP contribution in [0, 0.1) is 0 Å². The fourth-order valence-electron chi connectivity index (χ4n) is 4.15. The third kappa shape index (κ3) is 4.14. The molecule has 0 aliphatic carbocycles. The van der Waals surface area contributed by atoms with E-state index in [1.807, 2.05) is 0 Å². The first-order valence-corrected chi connectivity index (χ1v) is 10.4. The fourth-order valence-corrected chi connectivity index (χ4v) is 4.15. The molecule has 0 aromatic heterocycles. The summed E-state index contributed by atoms with van der Waals surface area (Å²) in [7, 11) is 0. The highest BCUT2D eigenvalue weighted by Crippen LogP contribution is 2.34. The van der Waals surface area contributed by atoms with Gasteiger partial charge >= 0.3 is 0 Å². The van der Waals surface area contributed by atoms with E-state index in [-0.39, 0.29) is 0 Å². The molecule has 0 N–H and O–H groups in total. The number of hydrogen-bond donors (Lipinski definition) is 0. The zero-order valence-electron chi connectivity index (χ0n) is 18.1. The maximum absolute atomic E-state index is 2.67. The zero-order valence-corrected chi connectivity index (χ0v) is 18.1. The predicted octanol–water partition coefficient (Wildman–Crippen LogP) is 4.92. The van der Waals surface area contributed by atoms with Crippen molar-refractivity contribution in [2.24, 2.45) is 0 Å². The van der Waals surface area contributed by atoms with Crippen LogP contribution in [0.4, 0.5) is 0 Å². The molecular formula is C20H44N4. The molecule has 1 fully saturated rings. The van der Waals surface area contributed by atoms with Crippen molar-refractivity contribution in [2.45, 2.75) is 131 Å². The SMILES string of the molecule is CCC(C)N1C(C)N(C(C)CC)N(C(C)CC)C(C)N1C(C)CC. The third-order valence-electron chi connectivity index (χ3n) is 6.23. The summed E-state index contributed by atoms with van der Waals surface area (Å²) < 4.78 is 0.